The first-order valence-corrected chi connectivity index (χ1v) is 9.29. The monoisotopic (exact) mass is 295 g/mol. The van der Waals surface area contributed by atoms with Crippen molar-refractivity contribution < 1.29 is 8.85 Å². The standard InChI is InChI=1S/C16H29NO2Si/c1-5-18-20(19-14-16(2,3)4)13-9-12-17-15-10-7-6-8-11-15/h6-8,10-11,17,20H,5,9,12-14H2,1-4H3. The van der Waals surface area contributed by atoms with Crippen LogP contribution in [0.5, 0.6) is 0 Å². The fraction of sp³-hybridized carbons (Fsp3) is 0.625. The van der Waals surface area contributed by atoms with Crippen LogP contribution in [-0.2, 0) is 8.85 Å². The average molecular weight is 295 g/mol. The first-order chi connectivity index (χ1) is 9.51. The summed E-state index contributed by atoms with van der Waals surface area (Å²) >= 11 is 0. The van der Waals surface area contributed by atoms with Gasteiger partial charge in [-0.15, -0.1) is 0 Å². The molecule has 0 saturated carbocycles. The molecule has 1 aromatic carbocycles. The molecule has 3 nitrogen and oxygen atoms in total. The molecule has 0 radical (unpaired) electrons. The second-order valence-corrected chi connectivity index (χ2v) is 8.29. The normalized spacial score (nSPS) is 13.2. The third-order valence-electron chi connectivity index (χ3n) is 2.77. The van der Waals surface area contributed by atoms with Crippen molar-refractivity contribution >= 4 is 15.0 Å². The molecule has 0 aliphatic carbocycles. The van der Waals surface area contributed by atoms with Crippen molar-refractivity contribution in [3.05, 3.63) is 30.3 Å². The van der Waals surface area contributed by atoms with Crippen molar-refractivity contribution in [1.29, 1.82) is 0 Å². The van der Waals surface area contributed by atoms with Gasteiger partial charge in [-0.1, -0.05) is 39.0 Å². The number of anilines is 1. The lowest BCUT2D eigenvalue weighted by Crippen LogP contribution is -2.28. The molecular formula is C16H29NO2Si. The van der Waals surface area contributed by atoms with Crippen LogP contribution in [0, 0.1) is 5.41 Å². The minimum atomic E-state index is -1.50. The molecule has 0 heterocycles. The highest BCUT2D eigenvalue weighted by Gasteiger charge is 2.17. The number of rotatable bonds is 9. The number of benzene rings is 1. The van der Waals surface area contributed by atoms with Gasteiger partial charge in [-0.2, -0.15) is 0 Å². The first kappa shape index (κ1) is 17.2. The van der Waals surface area contributed by atoms with Crippen LogP contribution in [0.15, 0.2) is 30.3 Å². The van der Waals surface area contributed by atoms with E-state index in [9.17, 15) is 0 Å². The van der Waals surface area contributed by atoms with Crippen molar-refractivity contribution in [2.45, 2.75) is 40.2 Å². The Labute approximate surface area is 125 Å². The fourth-order valence-electron chi connectivity index (χ4n) is 1.80. The maximum atomic E-state index is 5.99. The van der Waals surface area contributed by atoms with E-state index in [1.807, 2.05) is 25.1 Å². The summed E-state index contributed by atoms with van der Waals surface area (Å²) in [5.41, 5.74) is 1.39. The molecule has 1 N–H and O–H groups in total. The molecule has 1 rings (SSSR count). The number of hydrogen-bond acceptors (Lipinski definition) is 3. The molecular weight excluding hydrogens is 266 g/mol. The Hall–Kier alpha value is -0.843. The smallest absolute Gasteiger partial charge is 0.321 e. The minimum Gasteiger partial charge on any atom is -0.397 e. The summed E-state index contributed by atoms with van der Waals surface area (Å²) in [6, 6.07) is 11.4. The number of hydrogen-bond donors (Lipinski definition) is 1. The highest BCUT2D eigenvalue weighted by atomic mass is 28.3. The third kappa shape index (κ3) is 8.35. The molecule has 0 bridgehead atoms. The van der Waals surface area contributed by atoms with Crippen molar-refractivity contribution in [3.8, 4) is 0 Å². The Bertz CT molecular complexity index is 351. The Morgan fingerprint density at radius 2 is 1.80 bits per heavy atom. The van der Waals surface area contributed by atoms with Crippen molar-refractivity contribution in [3.63, 3.8) is 0 Å². The summed E-state index contributed by atoms with van der Waals surface area (Å²) in [5.74, 6) is 0. The van der Waals surface area contributed by atoms with E-state index in [-0.39, 0.29) is 5.41 Å². The van der Waals surface area contributed by atoms with E-state index in [0.717, 1.165) is 32.2 Å². The quantitative estimate of drug-likeness (QED) is 0.555. The van der Waals surface area contributed by atoms with E-state index in [4.69, 9.17) is 8.85 Å². The molecule has 114 valence electrons. The van der Waals surface area contributed by atoms with Gasteiger partial charge in [0.2, 0.25) is 0 Å². The van der Waals surface area contributed by atoms with E-state index >= 15 is 0 Å². The summed E-state index contributed by atoms with van der Waals surface area (Å²) in [4.78, 5) is 0. The molecule has 1 aromatic rings. The van der Waals surface area contributed by atoms with Gasteiger partial charge in [0.05, 0.1) is 0 Å². The van der Waals surface area contributed by atoms with Gasteiger partial charge < -0.3 is 14.2 Å². The van der Waals surface area contributed by atoms with E-state index in [2.05, 4.69) is 38.2 Å². The molecule has 4 heteroatoms. The highest BCUT2D eigenvalue weighted by molar-refractivity contribution is 6.44. The minimum absolute atomic E-state index is 0.213. The summed E-state index contributed by atoms with van der Waals surface area (Å²) in [5, 5.41) is 3.43. The predicted molar refractivity (Wildman–Crippen MR) is 88.5 cm³/mol. The van der Waals surface area contributed by atoms with Gasteiger partial charge in [0.25, 0.3) is 0 Å². The van der Waals surface area contributed by atoms with Gasteiger partial charge in [-0.3, -0.25) is 0 Å². The molecule has 0 saturated heterocycles. The van der Waals surface area contributed by atoms with Gasteiger partial charge in [0.15, 0.2) is 0 Å². The highest BCUT2D eigenvalue weighted by Crippen LogP contribution is 2.15. The Morgan fingerprint density at radius 1 is 1.10 bits per heavy atom. The number of para-hydroxylation sites is 1. The molecule has 1 atom stereocenters. The van der Waals surface area contributed by atoms with Gasteiger partial charge in [0, 0.05) is 25.4 Å². The zero-order chi connectivity index (χ0) is 14.8. The Morgan fingerprint density at radius 3 is 2.40 bits per heavy atom. The van der Waals surface area contributed by atoms with Crippen molar-refractivity contribution in [2.24, 2.45) is 5.41 Å². The van der Waals surface area contributed by atoms with Gasteiger partial charge in [-0.25, -0.2) is 0 Å². The summed E-state index contributed by atoms with van der Waals surface area (Å²) in [7, 11) is -1.50. The lowest BCUT2D eigenvalue weighted by molar-refractivity contribution is 0.144. The number of nitrogens with one attached hydrogen (secondary N) is 1. The lowest BCUT2D eigenvalue weighted by atomic mass is 9.99. The van der Waals surface area contributed by atoms with Crippen LogP contribution < -0.4 is 5.32 Å². The van der Waals surface area contributed by atoms with Gasteiger partial charge in [-0.05, 0) is 36.9 Å². The van der Waals surface area contributed by atoms with Gasteiger partial charge >= 0.3 is 9.28 Å². The van der Waals surface area contributed by atoms with Crippen LogP contribution in [0.4, 0.5) is 5.69 Å². The van der Waals surface area contributed by atoms with E-state index in [1.165, 1.54) is 5.69 Å². The third-order valence-corrected chi connectivity index (χ3v) is 4.90. The summed E-state index contributed by atoms with van der Waals surface area (Å²) in [6.45, 7) is 11.1. The molecule has 0 fully saturated rings. The molecule has 0 spiro atoms. The van der Waals surface area contributed by atoms with Crippen LogP contribution in [0.2, 0.25) is 6.04 Å². The first-order valence-electron chi connectivity index (χ1n) is 7.53. The zero-order valence-corrected chi connectivity index (χ0v) is 14.5. The Kier molecular flexibility index (Phi) is 7.88. The van der Waals surface area contributed by atoms with Crippen molar-refractivity contribution in [1.82, 2.24) is 0 Å². The maximum Gasteiger partial charge on any atom is 0.321 e. The molecule has 0 amide bonds. The van der Waals surface area contributed by atoms with Gasteiger partial charge in [0.1, 0.15) is 0 Å². The van der Waals surface area contributed by atoms with Crippen LogP contribution in [-0.4, -0.2) is 29.0 Å². The molecule has 0 aliphatic rings. The van der Waals surface area contributed by atoms with Crippen LogP contribution in [0.1, 0.15) is 34.1 Å². The molecule has 0 aliphatic heterocycles. The van der Waals surface area contributed by atoms with E-state index < -0.39 is 9.28 Å². The fourth-order valence-corrected chi connectivity index (χ4v) is 3.83. The van der Waals surface area contributed by atoms with Crippen molar-refractivity contribution in [2.75, 3.05) is 25.1 Å². The SMILES string of the molecule is CCO[SiH](CCCNc1ccccc1)OCC(C)(C)C. The zero-order valence-electron chi connectivity index (χ0n) is 13.3. The topological polar surface area (TPSA) is 30.5 Å². The molecule has 0 aromatic heterocycles. The van der Waals surface area contributed by atoms with Crippen LogP contribution in [0.3, 0.4) is 0 Å². The summed E-state index contributed by atoms with van der Waals surface area (Å²) in [6.07, 6.45) is 1.09. The maximum absolute atomic E-state index is 5.99. The Balaban J connectivity index is 2.21. The molecule has 1 unspecified atom stereocenters. The second-order valence-electron chi connectivity index (χ2n) is 6.19. The van der Waals surface area contributed by atoms with E-state index in [1.54, 1.807) is 0 Å². The average Bonchev–Trinajstić information content (AvgIpc) is 2.41. The van der Waals surface area contributed by atoms with E-state index in [0.29, 0.717) is 0 Å². The van der Waals surface area contributed by atoms with Crippen LogP contribution >= 0.6 is 0 Å². The lowest BCUT2D eigenvalue weighted by Gasteiger charge is -2.23. The summed E-state index contributed by atoms with van der Waals surface area (Å²) < 4.78 is 11.8. The predicted octanol–water partition coefficient (Wildman–Crippen LogP) is 3.81. The van der Waals surface area contributed by atoms with Crippen LogP contribution in [0.25, 0.3) is 0 Å². The largest absolute Gasteiger partial charge is 0.397 e. The molecule has 20 heavy (non-hydrogen) atoms. The second kappa shape index (κ2) is 9.16.